The van der Waals surface area contributed by atoms with Crippen molar-refractivity contribution in [2.75, 3.05) is 5.32 Å². The van der Waals surface area contributed by atoms with E-state index in [1.807, 2.05) is 0 Å². The van der Waals surface area contributed by atoms with Gasteiger partial charge in [-0.05, 0) is 43.7 Å². The molecule has 0 radical (unpaired) electrons. The van der Waals surface area contributed by atoms with Gasteiger partial charge in [-0.15, -0.1) is 0 Å². The number of benzene rings is 1. The van der Waals surface area contributed by atoms with Crippen molar-refractivity contribution in [2.45, 2.75) is 26.2 Å². The van der Waals surface area contributed by atoms with Gasteiger partial charge in [0.15, 0.2) is 23.1 Å². The molecule has 1 aliphatic carbocycles. The third-order valence-electron chi connectivity index (χ3n) is 3.56. The Kier molecular flexibility index (Phi) is 4.99. The van der Waals surface area contributed by atoms with Crippen molar-refractivity contribution in [3.63, 3.8) is 0 Å². The third-order valence-corrected chi connectivity index (χ3v) is 3.56. The van der Waals surface area contributed by atoms with Crippen molar-refractivity contribution in [1.29, 1.82) is 0 Å². The summed E-state index contributed by atoms with van der Waals surface area (Å²) in [7, 11) is 0. The van der Waals surface area contributed by atoms with Gasteiger partial charge in [0.2, 0.25) is 0 Å². The molecular formula is C17H17NO4. The second kappa shape index (κ2) is 6.93. The van der Waals surface area contributed by atoms with E-state index in [9.17, 15) is 19.2 Å². The van der Waals surface area contributed by atoms with Crippen molar-refractivity contribution < 1.29 is 19.2 Å². The molecule has 0 heterocycles. The number of nitrogens with one attached hydrogen (secondary N) is 1. The predicted molar refractivity (Wildman–Crippen MR) is 81.6 cm³/mol. The van der Waals surface area contributed by atoms with Crippen LogP contribution in [0.2, 0.25) is 0 Å². The van der Waals surface area contributed by atoms with E-state index in [4.69, 9.17) is 0 Å². The summed E-state index contributed by atoms with van der Waals surface area (Å²) in [5.74, 6) is -2.23. The summed E-state index contributed by atoms with van der Waals surface area (Å²) in [4.78, 5) is 46.4. The van der Waals surface area contributed by atoms with E-state index >= 15 is 0 Å². The van der Waals surface area contributed by atoms with Crippen LogP contribution >= 0.6 is 0 Å². The molecule has 1 N–H and O–H groups in total. The van der Waals surface area contributed by atoms with E-state index in [2.05, 4.69) is 5.32 Å². The molecule has 5 nitrogen and oxygen atoms in total. The zero-order valence-electron chi connectivity index (χ0n) is 12.3. The first kappa shape index (κ1) is 15.8. The monoisotopic (exact) mass is 299 g/mol. The summed E-state index contributed by atoms with van der Waals surface area (Å²) in [5, 5.41) is 2.88. The summed E-state index contributed by atoms with van der Waals surface area (Å²) >= 11 is 0. The van der Waals surface area contributed by atoms with E-state index < -0.39 is 11.7 Å². The molecule has 0 saturated heterocycles. The summed E-state index contributed by atoms with van der Waals surface area (Å²) in [6, 6.07) is 6.77. The SMILES string of the molecule is CC(=O)c1ccc(NC=CC(=O)C2C(=O)CCCC2=O)cc1. The molecule has 0 spiro atoms. The van der Waals surface area contributed by atoms with Gasteiger partial charge in [-0.1, -0.05) is 0 Å². The summed E-state index contributed by atoms with van der Waals surface area (Å²) < 4.78 is 0. The lowest BCUT2D eigenvalue weighted by Gasteiger charge is -2.16. The Balaban J connectivity index is 1.96. The smallest absolute Gasteiger partial charge is 0.175 e. The third kappa shape index (κ3) is 3.75. The normalized spacial score (nSPS) is 16.0. The number of allylic oxidation sites excluding steroid dienone is 1. The van der Waals surface area contributed by atoms with Crippen LogP contribution in [-0.4, -0.2) is 23.1 Å². The lowest BCUT2D eigenvalue weighted by atomic mass is 9.84. The van der Waals surface area contributed by atoms with Crippen molar-refractivity contribution in [2.24, 2.45) is 5.92 Å². The lowest BCUT2D eigenvalue weighted by molar-refractivity contribution is -0.140. The van der Waals surface area contributed by atoms with Crippen LogP contribution < -0.4 is 5.32 Å². The molecule has 0 aromatic heterocycles. The maximum Gasteiger partial charge on any atom is 0.175 e. The molecule has 0 atom stereocenters. The fourth-order valence-corrected chi connectivity index (χ4v) is 2.34. The number of carbonyl (C=O) groups excluding carboxylic acids is 4. The second-order valence-corrected chi connectivity index (χ2v) is 5.23. The van der Waals surface area contributed by atoms with E-state index in [0.29, 0.717) is 17.7 Å². The molecule has 1 saturated carbocycles. The van der Waals surface area contributed by atoms with Crippen LogP contribution in [0.4, 0.5) is 5.69 Å². The van der Waals surface area contributed by atoms with Gasteiger partial charge in [-0.2, -0.15) is 0 Å². The average molecular weight is 299 g/mol. The van der Waals surface area contributed by atoms with Crippen LogP contribution in [0.5, 0.6) is 0 Å². The zero-order valence-corrected chi connectivity index (χ0v) is 12.3. The Morgan fingerprint density at radius 3 is 2.23 bits per heavy atom. The van der Waals surface area contributed by atoms with Crippen molar-refractivity contribution in [1.82, 2.24) is 0 Å². The number of carbonyl (C=O) groups is 4. The van der Waals surface area contributed by atoms with E-state index in [-0.39, 0.29) is 30.2 Å². The zero-order chi connectivity index (χ0) is 16.1. The van der Waals surface area contributed by atoms with Gasteiger partial charge in [-0.3, -0.25) is 19.2 Å². The molecular weight excluding hydrogens is 282 g/mol. The highest BCUT2D eigenvalue weighted by Gasteiger charge is 2.34. The summed E-state index contributed by atoms with van der Waals surface area (Å²) in [6.07, 6.45) is 3.72. The Hall–Kier alpha value is -2.56. The van der Waals surface area contributed by atoms with Crippen LogP contribution in [0, 0.1) is 5.92 Å². The Labute approximate surface area is 128 Å². The standard InChI is InChI=1S/C17H17NO4/c1-11(19)12-5-7-13(8-6-12)18-10-9-16(22)17-14(20)3-2-4-15(17)21/h5-10,17-18H,2-4H2,1H3. The summed E-state index contributed by atoms with van der Waals surface area (Å²) in [6.45, 7) is 1.49. The Morgan fingerprint density at radius 1 is 1.09 bits per heavy atom. The molecule has 0 bridgehead atoms. The number of rotatable bonds is 5. The van der Waals surface area contributed by atoms with Crippen molar-refractivity contribution >= 4 is 28.8 Å². The first-order valence-electron chi connectivity index (χ1n) is 7.12. The number of hydrogen-bond acceptors (Lipinski definition) is 5. The number of Topliss-reactive ketones (excluding diaryl/α,β-unsaturated/α-hetero) is 3. The molecule has 0 aliphatic heterocycles. The van der Waals surface area contributed by atoms with Crippen LogP contribution in [0.25, 0.3) is 0 Å². The van der Waals surface area contributed by atoms with Crippen molar-refractivity contribution in [3.05, 3.63) is 42.1 Å². The lowest BCUT2D eigenvalue weighted by Crippen LogP contribution is -2.34. The molecule has 1 aromatic carbocycles. The van der Waals surface area contributed by atoms with Gasteiger partial charge >= 0.3 is 0 Å². The number of hydrogen-bond donors (Lipinski definition) is 1. The fourth-order valence-electron chi connectivity index (χ4n) is 2.34. The largest absolute Gasteiger partial charge is 0.362 e. The van der Waals surface area contributed by atoms with Crippen LogP contribution in [-0.2, 0) is 14.4 Å². The van der Waals surface area contributed by atoms with E-state index in [1.165, 1.54) is 19.2 Å². The predicted octanol–water partition coefficient (Wildman–Crippen LogP) is 2.32. The molecule has 2 rings (SSSR count). The Bertz CT molecular complexity index is 627. The first-order valence-corrected chi connectivity index (χ1v) is 7.12. The first-order chi connectivity index (χ1) is 10.5. The molecule has 114 valence electrons. The minimum Gasteiger partial charge on any atom is -0.362 e. The molecule has 0 unspecified atom stereocenters. The average Bonchev–Trinajstić information content (AvgIpc) is 2.47. The molecule has 22 heavy (non-hydrogen) atoms. The number of ketones is 4. The summed E-state index contributed by atoms with van der Waals surface area (Å²) in [5.41, 5.74) is 1.30. The quantitative estimate of drug-likeness (QED) is 0.513. The second-order valence-electron chi connectivity index (χ2n) is 5.23. The van der Waals surface area contributed by atoms with Crippen LogP contribution in [0.3, 0.4) is 0 Å². The fraction of sp³-hybridized carbons (Fsp3) is 0.294. The highest BCUT2D eigenvalue weighted by atomic mass is 16.2. The molecule has 0 amide bonds. The molecule has 1 fully saturated rings. The van der Waals surface area contributed by atoms with E-state index in [1.54, 1.807) is 24.3 Å². The van der Waals surface area contributed by atoms with Gasteiger partial charge in [0.25, 0.3) is 0 Å². The van der Waals surface area contributed by atoms with Gasteiger partial charge in [-0.25, -0.2) is 0 Å². The van der Waals surface area contributed by atoms with Crippen LogP contribution in [0.1, 0.15) is 36.5 Å². The maximum absolute atomic E-state index is 11.9. The molecule has 1 aliphatic rings. The minimum atomic E-state index is -1.13. The van der Waals surface area contributed by atoms with Crippen LogP contribution in [0.15, 0.2) is 36.5 Å². The van der Waals surface area contributed by atoms with Gasteiger partial charge in [0, 0.05) is 30.3 Å². The molecule has 5 heteroatoms. The maximum atomic E-state index is 11.9. The highest BCUT2D eigenvalue weighted by molar-refractivity contribution is 6.23. The molecule has 1 aromatic rings. The van der Waals surface area contributed by atoms with E-state index in [0.717, 1.165) is 0 Å². The van der Waals surface area contributed by atoms with Gasteiger partial charge in [0.05, 0.1) is 0 Å². The van der Waals surface area contributed by atoms with Crippen molar-refractivity contribution in [3.8, 4) is 0 Å². The minimum absolute atomic E-state index is 0.0217. The topological polar surface area (TPSA) is 80.3 Å². The number of anilines is 1. The van der Waals surface area contributed by atoms with Gasteiger partial charge < -0.3 is 5.32 Å². The van der Waals surface area contributed by atoms with Gasteiger partial charge in [0.1, 0.15) is 5.92 Å². The highest BCUT2D eigenvalue weighted by Crippen LogP contribution is 2.18. The Morgan fingerprint density at radius 2 is 1.68 bits per heavy atom.